The Morgan fingerprint density at radius 2 is 1.89 bits per heavy atom. The molecule has 0 aliphatic carbocycles. The predicted octanol–water partition coefficient (Wildman–Crippen LogP) is 4.21. The molecule has 4 nitrogen and oxygen atoms in total. The summed E-state index contributed by atoms with van der Waals surface area (Å²) < 4.78 is 24.8. The van der Waals surface area contributed by atoms with Gasteiger partial charge in [-0.2, -0.15) is 0 Å². The van der Waals surface area contributed by atoms with Crippen molar-refractivity contribution in [2.24, 2.45) is 0 Å². The van der Waals surface area contributed by atoms with Gasteiger partial charge in [0.2, 0.25) is 0 Å². The predicted molar refractivity (Wildman–Crippen MR) is 105 cm³/mol. The lowest BCUT2D eigenvalue weighted by molar-refractivity contribution is -0.162. The molecule has 0 radical (unpaired) electrons. The Hall–Kier alpha value is -2.40. The van der Waals surface area contributed by atoms with Crippen LogP contribution >= 0.6 is 0 Å². The highest BCUT2D eigenvalue weighted by molar-refractivity contribution is 5.71. The van der Waals surface area contributed by atoms with E-state index in [1.54, 1.807) is 12.1 Å². The molecule has 28 heavy (non-hydrogen) atoms. The third kappa shape index (κ3) is 4.36. The van der Waals surface area contributed by atoms with Gasteiger partial charge in [0.15, 0.2) is 0 Å². The zero-order valence-electron chi connectivity index (χ0n) is 16.8. The number of hydrogen-bond acceptors (Lipinski definition) is 4. The highest BCUT2D eigenvalue weighted by Crippen LogP contribution is 2.40. The van der Waals surface area contributed by atoms with Gasteiger partial charge in [0.05, 0.1) is 12.5 Å². The molecule has 2 atom stereocenters. The van der Waals surface area contributed by atoms with Crippen LogP contribution in [0.5, 0.6) is 5.75 Å². The van der Waals surface area contributed by atoms with Crippen molar-refractivity contribution in [3.63, 3.8) is 0 Å². The molecule has 0 spiro atoms. The molecule has 1 aliphatic heterocycles. The van der Waals surface area contributed by atoms with Gasteiger partial charge in [0.1, 0.15) is 24.3 Å². The van der Waals surface area contributed by atoms with Crippen molar-refractivity contribution in [3.8, 4) is 5.75 Å². The third-order valence-corrected chi connectivity index (χ3v) is 5.31. The van der Waals surface area contributed by atoms with Gasteiger partial charge in [0, 0.05) is 17.4 Å². The number of aryl methyl sites for hydroxylation is 2. The van der Waals surface area contributed by atoms with Crippen LogP contribution in [0.15, 0.2) is 36.4 Å². The smallest absolute Gasteiger partial charge is 0.308 e. The van der Waals surface area contributed by atoms with E-state index in [-0.39, 0.29) is 18.8 Å². The lowest BCUT2D eigenvalue weighted by Gasteiger charge is -2.31. The van der Waals surface area contributed by atoms with Gasteiger partial charge in [-0.15, -0.1) is 0 Å². The molecule has 1 fully saturated rings. The Kier molecular flexibility index (Phi) is 5.75. The SMILES string of the molecule is Cc1cc(C)c(OC[C@@H]2C[C@@H](O)CC(=O)O2)c(C(C)(C)c2ccc(F)cc2)c1. The normalized spacial score (nSPS) is 20.0. The van der Waals surface area contributed by atoms with Crippen LogP contribution in [0.1, 0.15) is 48.9 Å². The number of carbonyl (C=O) groups excluding carboxylic acids is 1. The molecule has 0 aromatic heterocycles. The summed E-state index contributed by atoms with van der Waals surface area (Å²) >= 11 is 0. The Morgan fingerprint density at radius 3 is 2.54 bits per heavy atom. The van der Waals surface area contributed by atoms with E-state index >= 15 is 0 Å². The molecule has 1 heterocycles. The number of halogens is 1. The highest BCUT2D eigenvalue weighted by Gasteiger charge is 2.31. The van der Waals surface area contributed by atoms with Crippen LogP contribution in [-0.2, 0) is 14.9 Å². The van der Waals surface area contributed by atoms with E-state index in [1.807, 2.05) is 19.9 Å². The fourth-order valence-electron chi connectivity index (χ4n) is 3.77. The fraction of sp³-hybridized carbons (Fsp3) is 0.435. The summed E-state index contributed by atoms with van der Waals surface area (Å²) in [7, 11) is 0. The Balaban J connectivity index is 1.91. The summed E-state index contributed by atoms with van der Waals surface area (Å²) in [4.78, 5) is 11.6. The molecule has 0 bridgehead atoms. The van der Waals surface area contributed by atoms with Crippen molar-refractivity contribution in [1.29, 1.82) is 0 Å². The summed E-state index contributed by atoms with van der Waals surface area (Å²) in [6.07, 6.45) is -0.765. The second-order valence-corrected chi connectivity index (χ2v) is 8.11. The lowest BCUT2D eigenvalue weighted by Crippen LogP contribution is -2.36. The van der Waals surface area contributed by atoms with E-state index in [9.17, 15) is 14.3 Å². The van der Waals surface area contributed by atoms with E-state index in [0.717, 1.165) is 28.0 Å². The summed E-state index contributed by atoms with van der Waals surface area (Å²) in [5, 5.41) is 9.81. The first-order valence-corrected chi connectivity index (χ1v) is 9.55. The maximum Gasteiger partial charge on any atom is 0.308 e. The van der Waals surface area contributed by atoms with Crippen LogP contribution in [-0.4, -0.2) is 29.9 Å². The number of carbonyl (C=O) groups is 1. The van der Waals surface area contributed by atoms with Gasteiger partial charge in [-0.25, -0.2) is 4.39 Å². The first kappa shape index (κ1) is 20.3. The topological polar surface area (TPSA) is 55.8 Å². The number of aliphatic hydroxyl groups excluding tert-OH is 1. The van der Waals surface area contributed by atoms with Gasteiger partial charge < -0.3 is 14.6 Å². The standard InChI is InChI=1S/C23H27FO4/c1-14-9-15(2)22(27-13-19-11-18(25)12-21(26)28-19)20(10-14)23(3,4)16-5-7-17(24)8-6-16/h5-10,18-19,25H,11-13H2,1-4H3/t18-,19+/m1/s1. The monoisotopic (exact) mass is 386 g/mol. The van der Waals surface area contributed by atoms with Crippen molar-refractivity contribution in [3.05, 3.63) is 64.5 Å². The number of esters is 1. The lowest BCUT2D eigenvalue weighted by atomic mass is 9.76. The second kappa shape index (κ2) is 7.92. The van der Waals surface area contributed by atoms with Crippen molar-refractivity contribution in [2.75, 3.05) is 6.61 Å². The number of hydrogen-bond donors (Lipinski definition) is 1. The van der Waals surface area contributed by atoms with Crippen molar-refractivity contribution >= 4 is 5.97 Å². The van der Waals surface area contributed by atoms with Crippen LogP contribution < -0.4 is 4.74 Å². The van der Waals surface area contributed by atoms with E-state index in [4.69, 9.17) is 9.47 Å². The molecule has 1 saturated heterocycles. The van der Waals surface area contributed by atoms with Gasteiger partial charge in [-0.3, -0.25) is 4.79 Å². The molecule has 150 valence electrons. The zero-order valence-corrected chi connectivity index (χ0v) is 16.8. The molecule has 5 heteroatoms. The number of cyclic esters (lactones) is 1. The molecule has 1 N–H and O–H groups in total. The van der Waals surface area contributed by atoms with Gasteiger partial charge >= 0.3 is 5.97 Å². The van der Waals surface area contributed by atoms with Crippen LogP contribution in [0.2, 0.25) is 0 Å². The Bertz CT molecular complexity index is 858. The molecular formula is C23H27FO4. The van der Waals surface area contributed by atoms with Crippen molar-refractivity contribution in [2.45, 2.75) is 58.2 Å². The van der Waals surface area contributed by atoms with E-state index in [1.165, 1.54) is 12.1 Å². The van der Waals surface area contributed by atoms with E-state index < -0.39 is 23.6 Å². The number of rotatable bonds is 5. The molecule has 0 unspecified atom stereocenters. The second-order valence-electron chi connectivity index (χ2n) is 8.11. The first-order valence-electron chi connectivity index (χ1n) is 9.55. The largest absolute Gasteiger partial charge is 0.489 e. The number of benzene rings is 2. The zero-order chi connectivity index (χ0) is 20.5. The summed E-state index contributed by atoms with van der Waals surface area (Å²) in [5.41, 5.74) is 3.63. The minimum Gasteiger partial charge on any atom is -0.489 e. The van der Waals surface area contributed by atoms with Gasteiger partial charge in [-0.05, 0) is 37.1 Å². The van der Waals surface area contributed by atoms with Gasteiger partial charge in [0.25, 0.3) is 0 Å². The molecule has 0 amide bonds. The summed E-state index contributed by atoms with van der Waals surface area (Å²) in [5.74, 6) is 0.0602. The maximum atomic E-state index is 13.4. The van der Waals surface area contributed by atoms with Gasteiger partial charge in [-0.1, -0.05) is 43.7 Å². The molecule has 1 aliphatic rings. The number of ether oxygens (including phenoxy) is 2. The average molecular weight is 386 g/mol. The Labute approximate surface area is 165 Å². The molecular weight excluding hydrogens is 359 g/mol. The summed E-state index contributed by atoms with van der Waals surface area (Å²) in [6.45, 7) is 8.34. The van der Waals surface area contributed by atoms with Crippen LogP contribution in [0.25, 0.3) is 0 Å². The third-order valence-electron chi connectivity index (χ3n) is 5.31. The van der Waals surface area contributed by atoms with Crippen molar-refractivity contribution < 1.29 is 23.8 Å². The minimum atomic E-state index is -0.691. The molecule has 3 rings (SSSR count). The summed E-state index contributed by atoms with van der Waals surface area (Å²) in [6, 6.07) is 10.6. The maximum absolute atomic E-state index is 13.4. The van der Waals surface area contributed by atoms with E-state index in [2.05, 4.69) is 19.9 Å². The van der Waals surface area contributed by atoms with Crippen LogP contribution in [0.3, 0.4) is 0 Å². The minimum absolute atomic E-state index is 0.0307. The Morgan fingerprint density at radius 1 is 1.21 bits per heavy atom. The first-order chi connectivity index (χ1) is 13.2. The molecule has 0 saturated carbocycles. The molecule has 2 aromatic rings. The molecule has 2 aromatic carbocycles. The fourth-order valence-corrected chi connectivity index (χ4v) is 3.77. The number of aliphatic hydroxyl groups is 1. The average Bonchev–Trinajstić information content (AvgIpc) is 2.60. The quantitative estimate of drug-likeness (QED) is 0.782. The highest BCUT2D eigenvalue weighted by atomic mass is 19.1. The van der Waals surface area contributed by atoms with E-state index in [0.29, 0.717) is 6.42 Å². The van der Waals surface area contributed by atoms with Crippen LogP contribution in [0.4, 0.5) is 4.39 Å². The van der Waals surface area contributed by atoms with Crippen molar-refractivity contribution in [1.82, 2.24) is 0 Å². The van der Waals surface area contributed by atoms with Crippen LogP contribution in [0, 0.1) is 19.7 Å².